The number of carbonyl (C=O) groups is 1. The van der Waals surface area contributed by atoms with Gasteiger partial charge in [-0.2, -0.15) is 0 Å². The number of anilines is 1. The maximum atomic E-state index is 11.3. The normalized spacial score (nSPS) is 18.2. The number of hydrogen-bond donors (Lipinski definition) is 2. The van der Waals surface area contributed by atoms with Crippen molar-refractivity contribution >= 4 is 33.5 Å². The van der Waals surface area contributed by atoms with Crippen molar-refractivity contribution in [2.75, 3.05) is 18.5 Å². The lowest BCUT2D eigenvalue weighted by atomic mass is 10.0. The summed E-state index contributed by atoms with van der Waals surface area (Å²) in [5, 5.41) is 15.7. The maximum Gasteiger partial charge on any atom is 0.335 e. The lowest BCUT2D eigenvalue weighted by Crippen LogP contribution is -2.20. The van der Waals surface area contributed by atoms with Gasteiger partial charge in [-0.25, -0.2) is 9.78 Å². The molecular formula is C19H19N3O3. The molecule has 4 rings (SSSR count). The van der Waals surface area contributed by atoms with Crippen LogP contribution < -0.4 is 5.32 Å². The summed E-state index contributed by atoms with van der Waals surface area (Å²) in [4.78, 5) is 20.2. The van der Waals surface area contributed by atoms with Crippen molar-refractivity contribution in [3.8, 4) is 0 Å². The van der Waals surface area contributed by atoms with Crippen LogP contribution in [0.15, 0.2) is 36.7 Å². The number of pyridine rings is 2. The third-order valence-corrected chi connectivity index (χ3v) is 4.64. The number of carboxylic acid groups (broad SMARTS) is 1. The molecule has 6 heteroatoms. The largest absolute Gasteiger partial charge is 0.478 e. The Labute approximate surface area is 144 Å². The highest BCUT2D eigenvalue weighted by Crippen LogP contribution is 2.30. The number of aromatic nitrogens is 2. The molecule has 25 heavy (non-hydrogen) atoms. The van der Waals surface area contributed by atoms with Gasteiger partial charge in [0, 0.05) is 47.8 Å². The highest BCUT2D eigenvalue weighted by molar-refractivity contribution is 6.10. The van der Waals surface area contributed by atoms with Gasteiger partial charge >= 0.3 is 5.97 Å². The lowest BCUT2D eigenvalue weighted by molar-refractivity contribution is 0.0697. The van der Waals surface area contributed by atoms with Gasteiger partial charge in [0.05, 0.1) is 11.1 Å². The van der Waals surface area contributed by atoms with Crippen molar-refractivity contribution in [2.45, 2.75) is 25.3 Å². The minimum Gasteiger partial charge on any atom is -0.478 e. The SMILES string of the molecule is O=C(O)c1ccc2c(c1)nc(NC1CCCOCC1)c1ccncc12. The number of aromatic carboxylic acids is 1. The van der Waals surface area contributed by atoms with E-state index >= 15 is 0 Å². The quantitative estimate of drug-likeness (QED) is 0.712. The maximum absolute atomic E-state index is 11.3. The van der Waals surface area contributed by atoms with Crippen molar-refractivity contribution in [1.29, 1.82) is 0 Å². The van der Waals surface area contributed by atoms with Crippen LogP contribution >= 0.6 is 0 Å². The number of nitrogens with one attached hydrogen (secondary N) is 1. The molecule has 0 radical (unpaired) electrons. The second-order valence-electron chi connectivity index (χ2n) is 6.30. The van der Waals surface area contributed by atoms with E-state index in [0.717, 1.165) is 54.5 Å². The fourth-order valence-corrected chi connectivity index (χ4v) is 3.33. The van der Waals surface area contributed by atoms with Crippen LogP contribution in [0.3, 0.4) is 0 Å². The summed E-state index contributed by atoms with van der Waals surface area (Å²) >= 11 is 0. The van der Waals surface area contributed by atoms with Crippen LogP contribution in [-0.2, 0) is 4.74 Å². The van der Waals surface area contributed by atoms with Crippen LogP contribution in [0, 0.1) is 0 Å². The molecule has 3 aromatic rings. The Bertz CT molecular complexity index is 934. The van der Waals surface area contributed by atoms with E-state index in [1.54, 1.807) is 30.6 Å². The smallest absolute Gasteiger partial charge is 0.335 e. The number of nitrogens with zero attached hydrogens (tertiary/aromatic N) is 2. The topological polar surface area (TPSA) is 84.3 Å². The second kappa shape index (κ2) is 6.64. The molecule has 1 fully saturated rings. The van der Waals surface area contributed by atoms with Crippen molar-refractivity contribution in [3.63, 3.8) is 0 Å². The van der Waals surface area contributed by atoms with Crippen LogP contribution in [0.4, 0.5) is 5.82 Å². The summed E-state index contributed by atoms with van der Waals surface area (Å²) in [6, 6.07) is 7.27. The molecule has 1 unspecified atom stereocenters. The van der Waals surface area contributed by atoms with Crippen molar-refractivity contribution in [1.82, 2.24) is 9.97 Å². The zero-order chi connectivity index (χ0) is 17.2. The fourth-order valence-electron chi connectivity index (χ4n) is 3.33. The summed E-state index contributed by atoms with van der Waals surface area (Å²) in [6.45, 7) is 1.55. The fraction of sp³-hybridized carbons (Fsp3) is 0.316. The van der Waals surface area contributed by atoms with E-state index in [1.807, 2.05) is 6.07 Å². The van der Waals surface area contributed by atoms with Crippen molar-refractivity contribution < 1.29 is 14.6 Å². The minimum absolute atomic E-state index is 0.233. The van der Waals surface area contributed by atoms with Gasteiger partial charge in [0.2, 0.25) is 0 Å². The predicted molar refractivity (Wildman–Crippen MR) is 96.1 cm³/mol. The number of carboxylic acids is 1. The third-order valence-electron chi connectivity index (χ3n) is 4.64. The highest BCUT2D eigenvalue weighted by Gasteiger charge is 2.16. The van der Waals surface area contributed by atoms with E-state index in [0.29, 0.717) is 11.6 Å². The summed E-state index contributed by atoms with van der Waals surface area (Å²) in [7, 11) is 0. The Balaban J connectivity index is 1.84. The van der Waals surface area contributed by atoms with E-state index < -0.39 is 5.97 Å². The van der Waals surface area contributed by atoms with Crippen LogP contribution in [0.1, 0.15) is 29.6 Å². The van der Waals surface area contributed by atoms with E-state index in [9.17, 15) is 9.90 Å². The highest BCUT2D eigenvalue weighted by atomic mass is 16.5. The van der Waals surface area contributed by atoms with Gasteiger partial charge in [-0.05, 0) is 37.5 Å². The summed E-state index contributed by atoms with van der Waals surface area (Å²) in [5.41, 5.74) is 0.893. The standard InChI is InChI=1S/C19H19N3O3/c23-19(24)12-3-4-14-16-11-20-7-5-15(16)18(22-17(14)10-12)21-13-2-1-8-25-9-6-13/h3-5,7,10-11,13H,1-2,6,8-9H2,(H,21,22)(H,23,24). The Hall–Kier alpha value is -2.73. The molecule has 1 aromatic carbocycles. The Morgan fingerprint density at radius 2 is 2.08 bits per heavy atom. The van der Waals surface area contributed by atoms with Gasteiger partial charge in [-0.3, -0.25) is 4.98 Å². The van der Waals surface area contributed by atoms with E-state index in [1.165, 1.54) is 0 Å². The number of hydrogen-bond acceptors (Lipinski definition) is 5. The Kier molecular flexibility index (Phi) is 4.19. The number of benzene rings is 1. The molecule has 1 atom stereocenters. The van der Waals surface area contributed by atoms with Gasteiger partial charge in [0.25, 0.3) is 0 Å². The molecule has 2 aromatic heterocycles. The molecular weight excluding hydrogens is 318 g/mol. The number of fused-ring (bicyclic) bond motifs is 3. The molecule has 3 heterocycles. The van der Waals surface area contributed by atoms with E-state index in [4.69, 9.17) is 9.72 Å². The molecule has 0 aliphatic carbocycles. The molecule has 0 bridgehead atoms. The van der Waals surface area contributed by atoms with Gasteiger partial charge in [-0.15, -0.1) is 0 Å². The van der Waals surface area contributed by atoms with Crippen molar-refractivity contribution in [2.24, 2.45) is 0 Å². The lowest BCUT2D eigenvalue weighted by Gasteiger charge is -2.18. The average Bonchev–Trinajstić information content (AvgIpc) is 2.90. The second-order valence-corrected chi connectivity index (χ2v) is 6.30. The number of ether oxygens (including phenoxy) is 1. The molecule has 128 valence electrons. The molecule has 6 nitrogen and oxygen atoms in total. The predicted octanol–water partition coefficient (Wildman–Crippen LogP) is 3.46. The molecule has 1 aliphatic heterocycles. The molecule has 2 N–H and O–H groups in total. The van der Waals surface area contributed by atoms with Crippen LogP contribution in [-0.4, -0.2) is 40.3 Å². The summed E-state index contributed by atoms with van der Waals surface area (Å²) in [6.07, 6.45) is 6.54. The monoisotopic (exact) mass is 337 g/mol. The van der Waals surface area contributed by atoms with Crippen molar-refractivity contribution in [3.05, 3.63) is 42.2 Å². The number of rotatable bonds is 3. The molecule has 0 spiro atoms. The average molecular weight is 337 g/mol. The zero-order valence-corrected chi connectivity index (χ0v) is 13.7. The van der Waals surface area contributed by atoms with Gasteiger partial charge in [-0.1, -0.05) is 6.07 Å². The third kappa shape index (κ3) is 3.13. The van der Waals surface area contributed by atoms with Crippen LogP contribution in [0.2, 0.25) is 0 Å². The zero-order valence-electron chi connectivity index (χ0n) is 13.7. The first kappa shape index (κ1) is 15.8. The first-order chi connectivity index (χ1) is 12.2. The molecule has 1 aliphatic rings. The summed E-state index contributed by atoms with van der Waals surface area (Å²) < 4.78 is 5.53. The summed E-state index contributed by atoms with van der Waals surface area (Å²) in [5.74, 6) is -0.176. The van der Waals surface area contributed by atoms with Gasteiger partial charge < -0.3 is 15.2 Å². The Morgan fingerprint density at radius 1 is 1.16 bits per heavy atom. The first-order valence-corrected chi connectivity index (χ1v) is 8.47. The Morgan fingerprint density at radius 3 is 2.96 bits per heavy atom. The van der Waals surface area contributed by atoms with Crippen LogP contribution in [0.5, 0.6) is 0 Å². The van der Waals surface area contributed by atoms with E-state index in [-0.39, 0.29) is 5.56 Å². The van der Waals surface area contributed by atoms with Gasteiger partial charge in [0.15, 0.2) is 0 Å². The molecule has 0 amide bonds. The van der Waals surface area contributed by atoms with Gasteiger partial charge in [0.1, 0.15) is 5.82 Å². The minimum atomic E-state index is -0.953. The molecule has 0 saturated carbocycles. The first-order valence-electron chi connectivity index (χ1n) is 8.47. The van der Waals surface area contributed by atoms with Crippen LogP contribution in [0.25, 0.3) is 21.7 Å². The van der Waals surface area contributed by atoms with E-state index in [2.05, 4.69) is 10.3 Å². The molecule has 1 saturated heterocycles.